The maximum Gasteiger partial charge on any atom is 0.259 e. The number of benzene rings is 1. The maximum atomic E-state index is 13.3. The number of ether oxygens (including phenoxy) is 1. The Morgan fingerprint density at radius 3 is 2.65 bits per heavy atom. The second kappa shape index (κ2) is 10.6. The number of rotatable bonds is 7. The Balaban J connectivity index is 1.97. The minimum atomic E-state index is -3.90. The quantitative estimate of drug-likeness (QED) is 0.639. The summed E-state index contributed by atoms with van der Waals surface area (Å²) in [5, 5.41) is 9.74. The van der Waals surface area contributed by atoms with Gasteiger partial charge in [-0.05, 0) is 49.7 Å². The topological polar surface area (TPSA) is 100 Å². The highest BCUT2D eigenvalue weighted by Crippen LogP contribution is 2.28. The van der Waals surface area contributed by atoms with Crippen molar-refractivity contribution in [3.05, 3.63) is 59.5 Å². The Bertz CT molecular complexity index is 1150. The van der Waals surface area contributed by atoms with Crippen molar-refractivity contribution in [2.45, 2.75) is 37.8 Å². The zero-order valence-corrected chi connectivity index (χ0v) is 20.5. The lowest BCUT2D eigenvalue weighted by atomic mass is 10.00. The summed E-state index contributed by atoms with van der Waals surface area (Å²) in [6.45, 7) is 5.46. The number of aromatic nitrogens is 1. The number of likely N-dealkylation sites (N-methyl/N-ethyl adjacent to an activating group) is 1. The van der Waals surface area contributed by atoms with Crippen LogP contribution in [0.3, 0.4) is 0 Å². The van der Waals surface area contributed by atoms with Gasteiger partial charge in [-0.1, -0.05) is 19.1 Å². The molecular weight excluding hydrogens is 461 g/mol. The number of sulfonamides is 1. The van der Waals surface area contributed by atoms with E-state index in [1.165, 1.54) is 19.2 Å². The van der Waals surface area contributed by atoms with Gasteiger partial charge < -0.3 is 14.7 Å². The number of hydrogen-bond donors (Lipinski definition) is 1. The molecule has 0 aliphatic carbocycles. The summed E-state index contributed by atoms with van der Waals surface area (Å²) in [7, 11) is -2.47. The van der Waals surface area contributed by atoms with E-state index in [1.54, 1.807) is 24.1 Å². The summed E-state index contributed by atoms with van der Waals surface area (Å²) in [5.41, 5.74) is 0.966. The number of amides is 1. The highest BCUT2D eigenvalue weighted by molar-refractivity contribution is 7.89. The van der Waals surface area contributed by atoms with Crippen molar-refractivity contribution in [3.8, 4) is 5.88 Å². The lowest BCUT2D eigenvalue weighted by molar-refractivity contribution is 0.0373. The Morgan fingerprint density at radius 1 is 1.35 bits per heavy atom. The first-order valence-corrected chi connectivity index (χ1v) is 12.5. The molecule has 1 N–H and O–H groups in total. The third-order valence-corrected chi connectivity index (χ3v) is 7.70. The van der Waals surface area contributed by atoms with Crippen LogP contribution in [0.15, 0.2) is 47.5 Å². The summed E-state index contributed by atoms with van der Waals surface area (Å²) in [4.78, 5) is 19.2. The third kappa shape index (κ3) is 5.45. The predicted octanol–water partition coefficient (Wildman–Crippen LogP) is 2.79. The summed E-state index contributed by atoms with van der Waals surface area (Å²) < 4.78 is 46.6. The summed E-state index contributed by atoms with van der Waals surface area (Å²) in [5.74, 6) is -1.01. The van der Waals surface area contributed by atoms with Crippen molar-refractivity contribution in [1.29, 1.82) is 0 Å². The molecule has 1 aromatic heterocycles. The molecule has 0 fully saturated rings. The molecule has 1 aliphatic rings. The SMILES string of the molecule is C/C=C/c1cnc2c(c1)C(=O)N([C@H](C)CO)C[C@@H](C)[C@@H](CN(C)S(=O)(=O)c1ccc(F)cc1)O2. The van der Waals surface area contributed by atoms with Gasteiger partial charge in [0.15, 0.2) is 0 Å². The molecule has 8 nitrogen and oxygen atoms in total. The van der Waals surface area contributed by atoms with E-state index in [0.29, 0.717) is 0 Å². The molecule has 0 saturated carbocycles. The van der Waals surface area contributed by atoms with E-state index in [9.17, 15) is 22.7 Å². The first-order valence-electron chi connectivity index (χ1n) is 11.0. The number of pyridine rings is 1. The number of aliphatic hydroxyl groups excluding tert-OH is 1. The van der Waals surface area contributed by atoms with E-state index in [-0.39, 0.29) is 47.9 Å². The number of nitrogens with zero attached hydrogens (tertiary/aromatic N) is 3. The Hall–Kier alpha value is -2.82. The molecule has 3 atom stereocenters. The average molecular weight is 492 g/mol. The highest BCUT2D eigenvalue weighted by Gasteiger charge is 2.35. The Morgan fingerprint density at radius 2 is 2.03 bits per heavy atom. The van der Waals surface area contributed by atoms with Crippen LogP contribution >= 0.6 is 0 Å². The smallest absolute Gasteiger partial charge is 0.259 e. The minimum absolute atomic E-state index is 0.0197. The fourth-order valence-corrected chi connectivity index (χ4v) is 4.94. The van der Waals surface area contributed by atoms with E-state index in [2.05, 4.69) is 4.98 Å². The lowest BCUT2D eigenvalue weighted by Crippen LogP contribution is -2.50. The van der Waals surface area contributed by atoms with Crippen LogP contribution in [-0.4, -0.2) is 72.5 Å². The molecule has 0 unspecified atom stereocenters. The lowest BCUT2D eigenvalue weighted by Gasteiger charge is -2.37. The molecule has 2 aromatic rings. The normalized spacial score (nSPS) is 20.1. The number of aliphatic hydroxyl groups is 1. The summed E-state index contributed by atoms with van der Waals surface area (Å²) in [6.07, 6.45) is 4.57. The second-order valence-corrected chi connectivity index (χ2v) is 10.5. The van der Waals surface area contributed by atoms with Gasteiger partial charge in [0.25, 0.3) is 5.91 Å². The predicted molar refractivity (Wildman–Crippen MR) is 126 cm³/mol. The van der Waals surface area contributed by atoms with E-state index in [1.807, 2.05) is 26.0 Å². The van der Waals surface area contributed by atoms with Gasteiger partial charge in [0, 0.05) is 25.7 Å². The molecule has 10 heteroatoms. The van der Waals surface area contributed by atoms with Gasteiger partial charge in [0.05, 0.1) is 24.1 Å². The highest BCUT2D eigenvalue weighted by atomic mass is 32.2. The van der Waals surface area contributed by atoms with Gasteiger partial charge >= 0.3 is 0 Å². The first kappa shape index (κ1) is 25.8. The standard InChI is InChI=1S/C24H30FN3O5S/c1-5-6-18-11-21-23(26-12-18)33-22(16(2)13-28(24(21)30)17(3)15-29)14-27(4)34(31,32)20-9-7-19(25)8-10-20/h5-12,16-17,22,29H,13-15H2,1-4H3/b6-5+/t16-,17-,22-/m1/s1. The summed E-state index contributed by atoms with van der Waals surface area (Å²) >= 11 is 0. The fraction of sp³-hybridized carbons (Fsp3) is 0.417. The van der Waals surface area contributed by atoms with Gasteiger partial charge in [-0.25, -0.2) is 17.8 Å². The van der Waals surface area contributed by atoms with Crippen molar-refractivity contribution in [1.82, 2.24) is 14.2 Å². The second-order valence-electron chi connectivity index (χ2n) is 8.48. The van der Waals surface area contributed by atoms with E-state index < -0.39 is 28.0 Å². The van der Waals surface area contributed by atoms with Crippen LogP contribution in [-0.2, 0) is 10.0 Å². The van der Waals surface area contributed by atoms with Gasteiger partial charge in [-0.15, -0.1) is 0 Å². The molecule has 0 spiro atoms. The number of allylic oxidation sites excluding steroid dienone is 1. The number of carbonyl (C=O) groups is 1. The molecule has 0 saturated heterocycles. The Labute approximate surface area is 199 Å². The van der Waals surface area contributed by atoms with Crippen LogP contribution in [0.4, 0.5) is 4.39 Å². The average Bonchev–Trinajstić information content (AvgIpc) is 2.81. The summed E-state index contributed by atoms with van der Waals surface area (Å²) in [6, 6.07) is 5.84. The molecule has 1 aromatic carbocycles. The fourth-order valence-electron chi connectivity index (χ4n) is 3.76. The van der Waals surface area contributed by atoms with E-state index in [0.717, 1.165) is 22.0 Å². The molecule has 2 heterocycles. The monoisotopic (exact) mass is 491 g/mol. The van der Waals surface area contributed by atoms with Gasteiger partial charge in [-0.3, -0.25) is 4.79 Å². The number of carbonyl (C=O) groups excluding carboxylic acids is 1. The van der Waals surface area contributed by atoms with Crippen LogP contribution in [0.2, 0.25) is 0 Å². The molecule has 34 heavy (non-hydrogen) atoms. The minimum Gasteiger partial charge on any atom is -0.472 e. The molecule has 0 bridgehead atoms. The van der Waals surface area contributed by atoms with Crippen LogP contribution in [0, 0.1) is 11.7 Å². The zero-order valence-electron chi connectivity index (χ0n) is 19.7. The molecular formula is C24H30FN3O5S. The molecule has 184 valence electrons. The first-order chi connectivity index (χ1) is 16.1. The van der Waals surface area contributed by atoms with Crippen molar-refractivity contribution in [2.24, 2.45) is 5.92 Å². The largest absolute Gasteiger partial charge is 0.472 e. The number of hydrogen-bond acceptors (Lipinski definition) is 6. The van der Waals surface area contributed by atoms with E-state index in [4.69, 9.17) is 4.74 Å². The van der Waals surface area contributed by atoms with E-state index >= 15 is 0 Å². The van der Waals surface area contributed by atoms with Crippen LogP contribution in [0.1, 0.15) is 36.7 Å². The third-order valence-electron chi connectivity index (χ3n) is 5.86. The molecule has 3 rings (SSSR count). The van der Waals surface area contributed by atoms with Crippen molar-refractivity contribution in [2.75, 3.05) is 26.7 Å². The maximum absolute atomic E-state index is 13.3. The van der Waals surface area contributed by atoms with Crippen LogP contribution < -0.4 is 4.74 Å². The van der Waals surface area contributed by atoms with Crippen molar-refractivity contribution >= 4 is 22.0 Å². The molecule has 0 radical (unpaired) electrons. The molecule has 1 aliphatic heterocycles. The number of fused-ring (bicyclic) bond motifs is 1. The van der Waals surface area contributed by atoms with Crippen molar-refractivity contribution in [3.63, 3.8) is 0 Å². The van der Waals surface area contributed by atoms with Gasteiger partial charge in [0.2, 0.25) is 15.9 Å². The Kier molecular flexibility index (Phi) is 8.06. The van der Waals surface area contributed by atoms with Gasteiger partial charge in [0.1, 0.15) is 17.5 Å². The number of halogens is 1. The molecule has 1 amide bonds. The van der Waals surface area contributed by atoms with Crippen molar-refractivity contribution < 1.29 is 27.4 Å². The van der Waals surface area contributed by atoms with Crippen LogP contribution in [0.5, 0.6) is 5.88 Å². The van der Waals surface area contributed by atoms with Gasteiger partial charge in [-0.2, -0.15) is 4.31 Å². The zero-order chi connectivity index (χ0) is 25.0. The van der Waals surface area contributed by atoms with Crippen LogP contribution in [0.25, 0.3) is 6.08 Å².